The van der Waals surface area contributed by atoms with E-state index in [1.54, 1.807) is 41.1 Å². The predicted octanol–water partition coefficient (Wildman–Crippen LogP) is 12.5. The number of Topliss-reactive ketones (excluding diaryl/α,β-unsaturated/α-hetero) is 4. The molecule has 0 bridgehead atoms. The number of nitrogens with one attached hydrogen (secondary N) is 2. The lowest BCUT2D eigenvalue weighted by molar-refractivity contribution is -0.386. The molecule has 11 aliphatic heterocycles. The Balaban J connectivity index is 0.000000152. The number of ether oxygens (including phenoxy) is 1. The number of piperidine rings is 7. The lowest BCUT2D eigenvalue weighted by Crippen LogP contribution is -2.54. The first-order chi connectivity index (χ1) is 66.9. The first-order valence-corrected chi connectivity index (χ1v) is 48.5. The van der Waals surface area contributed by atoms with E-state index in [2.05, 4.69) is 50.4 Å². The quantitative estimate of drug-likeness (QED) is 0.0120. The Labute approximate surface area is 809 Å². The van der Waals surface area contributed by atoms with Gasteiger partial charge in [-0.1, -0.05) is 18.2 Å². The van der Waals surface area contributed by atoms with Gasteiger partial charge in [0.25, 0.3) is 54.7 Å². The SMILES string of the molecule is C1CCOC1.Cl.Nc1cn(C2CCN(CCCC3CCN(c4cccc5c4C(=O)N(C4CCC(=O)CC4=O)C5=O)CC3)CC2)nc1C(F)F.O=C1CCC(N2C(=O)c3cccc(N4CCC(CCCN5CCC(n6cc([N+](=O)[O-])c(C(F)F)n6)CC5)CC4)c3C2=O)C(=O)C1.O=CCCC1CCN(c2cccc3c2C(=O)N(C2CCC(=O)NC2=O)C3=O)CC1.O=[N+]([O-])c1cn(C2CCNCC2)nc1C(F)F. The fourth-order valence-electron chi connectivity index (χ4n) is 21.5. The maximum absolute atomic E-state index is 13.5. The van der Waals surface area contributed by atoms with Gasteiger partial charge in [-0.15, -0.1) is 12.4 Å². The number of carbonyl (C=O) groups excluding carboxylic acids is 13. The summed E-state index contributed by atoms with van der Waals surface area (Å²) in [5.41, 5.74) is 6.88. The molecule has 8 saturated heterocycles. The number of halogens is 7. The zero-order valence-corrected chi connectivity index (χ0v) is 78.6. The maximum atomic E-state index is 13.5. The molecule has 2 saturated carbocycles. The van der Waals surface area contributed by atoms with Crippen LogP contribution >= 0.6 is 12.4 Å². The number of aromatic nitrogens is 6. The van der Waals surface area contributed by atoms with Gasteiger partial charge in [0.05, 0.1) is 109 Å². The summed E-state index contributed by atoms with van der Waals surface area (Å²) in [7, 11) is 0. The molecule has 4 N–H and O–H groups in total. The molecule has 3 atom stereocenters. The van der Waals surface area contributed by atoms with E-state index in [1.807, 2.05) is 18.2 Å². The second-order valence-corrected chi connectivity index (χ2v) is 37.9. The van der Waals surface area contributed by atoms with Crippen molar-refractivity contribution in [3.05, 3.63) is 144 Å². The molecule has 14 heterocycles. The highest BCUT2D eigenvalue weighted by atomic mass is 35.5. The fourth-order valence-corrected chi connectivity index (χ4v) is 21.5. The summed E-state index contributed by atoms with van der Waals surface area (Å²) >= 11 is 0. The lowest BCUT2D eigenvalue weighted by Gasteiger charge is -2.35. The highest BCUT2D eigenvalue weighted by Gasteiger charge is 2.51. The van der Waals surface area contributed by atoms with Gasteiger partial charge in [-0.2, -0.15) is 15.3 Å². The third-order valence-corrected chi connectivity index (χ3v) is 29.2. The van der Waals surface area contributed by atoms with Crippen molar-refractivity contribution in [3.63, 3.8) is 0 Å². The van der Waals surface area contributed by atoms with E-state index in [0.717, 1.165) is 246 Å². The first-order valence-electron chi connectivity index (χ1n) is 48.5. The Morgan fingerprint density at radius 1 is 0.443 bits per heavy atom. The zero-order chi connectivity index (χ0) is 98.6. The third kappa shape index (κ3) is 23.7. The minimum Gasteiger partial charge on any atom is -0.396 e. The summed E-state index contributed by atoms with van der Waals surface area (Å²) < 4.78 is 86.8. The number of hydrogen-bond acceptors (Lipinski definition) is 28. The minimum absolute atomic E-state index is 0. The summed E-state index contributed by atoms with van der Waals surface area (Å²) in [5.74, 6) is -3.18. The van der Waals surface area contributed by atoms with Crippen molar-refractivity contribution in [1.29, 1.82) is 0 Å². The van der Waals surface area contributed by atoms with Crippen molar-refractivity contribution < 1.29 is 103 Å². The molecule has 754 valence electrons. The Morgan fingerprint density at radius 2 is 0.800 bits per heavy atom. The maximum Gasteiger partial charge on any atom is 0.316 e. The zero-order valence-electron chi connectivity index (χ0n) is 77.8. The predicted molar refractivity (Wildman–Crippen MR) is 498 cm³/mol. The number of alkyl halides is 6. The molecule has 19 rings (SSSR count). The molecule has 37 nitrogen and oxygen atoms in total. The van der Waals surface area contributed by atoms with Crippen LogP contribution in [0.3, 0.4) is 0 Å². The number of hydrogen-bond donors (Lipinski definition) is 3. The number of benzene rings is 3. The number of nitrogens with zero attached hydrogens (tertiary/aromatic N) is 16. The number of imide groups is 4. The van der Waals surface area contributed by atoms with Crippen LogP contribution < -0.4 is 31.1 Å². The van der Waals surface area contributed by atoms with Crippen LogP contribution in [0.5, 0.6) is 0 Å². The van der Waals surface area contributed by atoms with Gasteiger partial charge in [0.2, 0.25) is 23.2 Å². The van der Waals surface area contributed by atoms with Gasteiger partial charge in [-0.25, -0.2) is 26.3 Å². The number of aldehydes is 1. The van der Waals surface area contributed by atoms with E-state index in [1.165, 1.54) is 28.4 Å². The number of carbonyl (C=O) groups is 13. The van der Waals surface area contributed by atoms with E-state index in [9.17, 15) is 109 Å². The molecule has 2 aliphatic carbocycles. The lowest BCUT2D eigenvalue weighted by atomic mass is 9.91. The molecule has 0 radical (unpaired) electrons. The first kappa shape index (κ1) is 104. The average Bonchev–Trinajstić information content (AvgIpc) is 1.60. The number of ketones is 4. The van der Waals surface area contributed by atoms with Crippen molar-refractivity contribution in [3.8, 4) is 0 Å². The number of nitrogen functional groups attached to an aromatic ring is 1. The molecule has 3 aromatic carbocycles. The number of nitrogens with two attached hydrogens (primary N) is 1. The molecule has 44 heteroatoms. The van der Waals surface area contributed by atoms with Crippen molar-refractivity contribution >= 4 is 123 Å². The molecule has 8 amide bonds. The van der Waals surface area contributed by atoms with E-state index in [0.29, 0.717) is 76.1 Å². The van der Waals surface area contributed by atoms with Gasteiger partial charge in [-0.05, 0) is 222 Å². The van der Waals surface area contributed by atoms with Gasteiger partial charge < -0.3 is 45.1 Å². The normalized spacial score (nSPS) is 21.8. The molecule has 0 spiro atoms. The van der Waals surface area contributed by atoms with Crippen LogP contribution in [0, 0.1) is 38.0 Å². The highest BCUT2D eigenvalue weighted by molar-refractivity contribution is 6.28. The summed E-state index contributed by atoms with van der Waals surface area (Å²) in [6, 6.07) is 13.0. The second kappa shape index (κ2) is 47.0. The van der Waals surface area contributed by atoms with Crippen molar-refractivity contribution in [2.24, 2.45) is 17.8 Å². The number of rotatable bonds is 25. The molecule has 3 aromatic heterocycles. The van der Waals surface area contributed by atoms with Crippen molar-refractivity contribution in [2.75, 3.05) is 125 Å². The van der Waals surface area contributed by atoms with Crippen LogP contribution in [0.4, 0.5) is 60.5 Å². The Kier molecular flexibility index (Phi) is 34.8. The minimum atomic E-state index is -2.99. The van der Waals surface area contributed by atoms with Gasteiger partial charge in [-0.3, -0.25) is 112 Å². The fraction of sp³-hybridized carbons (Fsp3) is 0.583. The van der Waals surface area contributed by atoms with Crippen molar-refractivity contribution in [1.82, 2.24) is 64.5 Å². The Bertz CT molecular complexity index is 5580. The van der Waals surface area contributed by atoms with Crippen molar-refractivity contribution in [2.45, 2.75) is 235 Å². The molecule has 3 unspecified atom stereocenters. The van der Waals surface area contributed by atoms with Crippen LogP contribution in [0.25, 0.3) is 0 Å². The standard InChI is InChI=1S/C31H36F2N6O6.C31H38F2N6O4.C21H23N3O5.C9H12F2N4O2.C4H8O.ClH/c32-29(33)28-25(39(44)45)18-37(34-28)20-10-13-35(14-11-20)12-2-3-19-8-15-36(16-9-19)24-5-1-4-22-27(24)31(43)38(30(22)42)23-7-6-21(40)17-26(23)41;32-29(33)28-23(34)18-38(35-28)20-10-13-36(14-11-20)12-2-3-19-8-15-37(16-9-19)25-5-1-4-22-27(25)31(43)39(30(22)42)24-7-6-21(40)17-26(24)41;25-12-2-3-13-8-10-23(11-9-13)15-5-1-4-14-18(15)21(29)24(20(14)28)16-6-7-17(26)22-19(16)27;10-9(11)8-7(15(16)17)5-14(13-8)6-1-3-12-4-2-6;1-2-4-5-3-1;/h1,4-5,18-20,23,29H,2-3,6-17H2;1,4-5,18-20,24,29H,2-3,6-17,34H2;1,4-5,12-13,16H,2-3,6-11H2,(H,22,26,27);5-6,9,12H,1-4H2;1-4H2;1H. The number of likely N-dealkylation sites (tertiary alicyclic amines) is 2. The second-order valence-electron chi connectivity index (χ2n) is 37.9. The summed E-state index contributed by atoms with van der Waals surface area (Å²) in [5, 5.41) is 38.6. The molecular weight excluding hydrogens is 1860 g/mol. The van der Waals surface area contributed by atoms with E-state index >= 15 is 0 Å². The smallest absolute Gasteiger partial charge is 0.316 e. The number of amides is 8. The molecule has 13 aliphatic rings. The van der Waals surface area contributed by atoms with Crippen LogP contribution in [-0.2, 0) is 38.3 Å². The van der Waals surface area contributed by atoms with Crippen LogP contribution in [0.2, 0.25) is 0 Å². The summed E-state index contributed by atoms with van der Waals surface area (Å²) in [6.45, 7) is 13.4. The van der Waals surface area contributed by atoms with Gasteiger partial charge >= 0.3 is 11.4 Å². The molecule has 140 heavy (non-hydrogen) atoms. The van der Waals surface area contributed by atoms with Gasteiger partial charge in [0.1, 0.15) is 36.3 Å². The topological polar surface area (TPSA) is 447 Å². The van der Waals surface area contributed by atoms with E-state index < -0.39 is 111 Å². The van der Waals surface area contributed by atoms with Crippen LogP contribution in [0.15, 0.2) is 73.2 Å². The van der Waals surface area contributed by atoms with Gasteiger partial charge in [0, 0.05) is 111 Å². The Hall–Kier alpha value is -12.1. The largest absolute Gasteiger partial charge is 0.396 e. The molecular formula is C96H118ClF6N19O18. The summed E-state index contributed by atoms with van der Waals surface area (Å²) in [4.78, 5) is 197. The van der Waals surface area contributed by atoms with Crippen LogP contribution in [-0.4, -0.2) is 263 Å². The van der Waals surface area contributed by atoms with E-state index in [-0.39, 0.29) is 122 Å². The van der Waals surface area contributed by atoms with E-state index in [4.69, 9.17) is 10.5 Å². The number of fused-ring (bicyclic) bond motifs is 3. The highest BCUT2D eigenvalue weighted by Crippen LogP contribution is 2.43. The average molecular weight is 1980 g/mol. The van der Waals surface area contributed by atoms with Gasteiger partial charge in [0.15, 0.2) is 17.3 Å². The number of nitro groups is 2. The molecule has 10 fully saturated rings. The Morgan fingerprint density at radius 3 is 1.14 bits per heavy atom. The monoisotopic (exact) mass is 1970 g/mol. The third-order valence-electron chi connectivity index (χ3n) is 29.2. The number of anilines is 4. The summed E-state index contributed by atoms with van der Waals surface area (Å²) in [6.07, 6.45) is 15.3. The molecule has 6 aromatic rings. The van der Waals surface area contributed by atoms with Crippen LogP contribution in [0.1, 0.15) is 296 Å².